The molecular weight excluding hydrogens is 496 g/mol. The monoisotopic (exact) mass is 530 g/mol. The molecule has 6 heterocycles. The lowest BCUT2D eigenvalue weighted by Crippen LogP contribution is -2.46. The summed E-state index contributed by atoms with van der Waals surface area (Å²) in [7, 11) is 0. The van der Waals surface area contributed by atoms with Crippen LogP contribution in [-0.4, -0.2) is 78.3 Å². The second-order valence-electron chi connectivity index (χ2n) is 10.1. The molecule has 0 aromatic carbocycles. The molecule has 2 saturated heterocycles. The van der Waals surface area contributed by atoms with Gasteiger partial charge in [0.2, 0.25) is 11.9 Å². The fraction of sp³-hybridized carbons (Fsp3) is 0.444. The highest BCUT2D eigenvalue weighted by atomic mass is 32.1. The van der Waals surface area contributed by atoms with E-state index in [9.17, 15) is 0 Å². The van der Waals surface area contributed by atoms with Crippen molar-refractivity contribution >= 4 is 45.2 Å². The average molecular weight is 531 g/mol. The van der Waals surface area contributed by atoms with E-state index < -0.39 is 0 Å². The number of hydrogen-bond acceptors (Lipinski definition) is 10. The molecule has 0 atom stereocenters. The number of likely N-dealkylation sites (tertiary alicyclic amines) is 2. The van der Waals surface area contributed by atoms with E-state index in [0.717, 1.165) is 39.7 Å². The summed E-state index contributed by atoms with van der Waals surface area (Å²) in [5.41, 5.74) is 9.89. The number of piperidine rings is 2. The maximum atomic E-state index is 6.17. The fourth-order valence-corrected chi connectivity index (χ4v) is 6.40. The number of thiophene rings is 1. The summed E-state index contributed by atoms with van der Waals surface area (Å²) < 4.78 is 2.47. The van der Waals surface area contributed by atoms with Gasteiger partial charge in [0, 0.05) is 12.6 Å². The molecule has 0 saturated carbocycles. The van der Waals surface area contributed by atoms with Crippen LogP contribution in [0.25, 0.3) is 22.1 Å². The highest BCUT2D eigenvalue weighted by molar-refractivity contribution is 7.17. The number of nitrogen functional groups attached to an aromatic ring is 1. The minimum atomic E-state index is 0.256. The standard InChI is InChI=1S/C27H34N10S/c1-19-17-38-24-23(19)30-18-31-25(24)37-26(28)33-27(34-37)32-21-8-7-20(29-16-21)6-5-11-35-14-9-22(10-15-35)36-12-3-2-4-13-36/h5-8,16-18,22H,2-4,9-15H2,1H3,(H3,28,32,33,34)/b6-5+. The summed E-state index contributed by atoms with van der Waals surface area (Å²) in [5.74, 6) is 1.27. The first-order valence-corrected chi connectivity index (χ1v) is 14.3. The number of nitrogens with one attached hydrogen (secondary N) is 1. The first-order valence-electron chi connectivity index (χ1n) is 13.4. The molecule has 38 heavy (non-hydrogen) atoms. The van der Waals surface area contributed by atoms with Crippen molar-refractivity contribution in [3.63, 3.8) is 0 Å². The Bertz CT molecular complexity index is 1400. The summed E-state index contributed by atoms with van der Waals surface area (Å²) >= 11 is 1.57. The maximum Gasteiger partial charge on any atom is 0.248 e. The van der Waals surface area contributed by atoms with E-state index in [1.807, 2.05) is 19.1 Å². The SMILES string of the molecule is Cc1csc2c(-n3nc(Nc4ccc(/C=C/CN5CCC(N6CCCCC6)CC5)nc4)nc3N)ncnc12. The second-order valence-corrected chi connectivity index (χ2v) is 11.0. The summed E-state index contributed by atoms with van der Waals surface area (Å²) in [6.07, 6.45) is 14.4. The largest absolute Gasteiger partial charge is 0.368 e. The molecule has 0 amide bonds. The molecule has 2 aliphatic rings. The summed E-state index contributed by atoms with van der Waals surface area (Å²) in [5, 5.41) is 9.77. The third kappa shape index (κ3) is 5.40. The number of pyridine rings is 1. The van der Waals surface area contributed by atoms with E-state index in [4.69, 9.17) is 5.73 Å². The van der Waals surface area contributed by atoms with Crippen LogP contribution in [0.15, 0.2) is 36.1 Å². The van der Waals surface area contributed by atoms with Gasteiger partial charge in [-0.2, -0.15) is 9.67 Å². The Morgan fingerprint density at radius 1 is 1.08 bits per heavy atom. The average Bonchev–Trinajstić information content (AvgIpc) is 3.52. The zero-order valence-corrected chi connectivity index (χ0v) is 22.6. The first kappa shape index (κ1) is 24.9. The Morgan fingerprint density at radius 2 is 1.92 bits per heavy atom. The van der Waals surface area contributed by atoms with Crippen molar-refractivity contribution in [2.24, 2.45) is 0 Å². The van der Waals surface area contributed by atoms with Crippen molar-refractivity contribution in [1.29, 1.82) is 0 Å². The molecule has 11 heteroatoms. The van der Waals surface area contributed by atoms with Gasteiger partial charge in [0.15, 0.2) is 5.82 Å². The number of aromatic nitrogens is 6. The summed E-state index contributed by atoms with van der Waals surface area (Å²) in [4.78, 5) is 23.0. The van der Waals surface area contributed by atoms with E-state index in [2.05, 4.69) is 57.7 Å². The van der Waals surface area contributed by atoms with E-state index in [1.54, 1.807) is 22.2 Å². The number of nitrogens with zero attached hydrogens (tertiary/aromatic N) is 8. The van der Waals surface area contributed by atoms with E-state index in [-0.39, 0.29) is 5.95 Å². The quantitative estimate of drug-likeness (QED) is 0.362. The van der Waals surface area contributed by atoms with Gasteiger partial charge >= 0.3 is 0 Å². The molecule has 0 unspecified atom stereocenters. The van der Waals surface area contributed by atoms with Crippen LogP contribution < -0.4 is 11.1 Å². The lowest BCUT2D eigenvalue weighted by Gasteiger charge is -2.40. The van der Waals surface area contributed by atoms with Crippen molar-refractivity contribution in [3.05, 3.63) is 47.4 Å². The number of fused-ring (bicyclic) bond motifs is 1. The molecule has 6 rings (SSSR count). The van der Waals surface area contributed by atoms with Crippen molar-refractivity contribution in [2.75, 3.05) is 43.8 Å². The van der Waals surface area contributed by atoms with Gasteiger partial charge in [0.1, 0.15) is 6.33 Å². The zero-order valence-electron chi connectivity index (χ0n) is 21.8. The van der Waals surface area contributed by atoms with Crippen LogP contribution in [0.4, 0.5) is 17.6 Å². The van der Waals surface area contributed by atoms with Gasteiger partial charge in [-0.15, -0.1) is 16.4 Å². The fourth-order valence-electron chi connectivity index (χ4n) is 5.42. The normalized spacial score (nSPS) is 18.0. The van der Waals surface area contributed by atoms with Crippen molar-refractivity contribution in [1.82, 2.24) is 39.5 Å². The molecule has 0 spiro atoms. The Balaban J connectivity index is 1.03. The predicted octanol–water partition coefficient (Wildman–Crippen LogP) is 4.26. The minimum absolute atomic E-state index is 0.256. The topological polar surface area (TPSA) is 114 Å². The van der Waals surface area contributed by atoms with Crippen LogP contribution in [-0.2, 0) is 0 Å². The van der Waals surface area contributed by atoms with Crippen LogP contribution >= 0.6 is 11.3 Å². The molecule has 3 N–H and O–H groups in total. The van der Waals surface area contributed by atoms with Crippen molar-refractivity contribution in [3.8, 4) is 5.82 Å². The summed E-state index contributed by atoms with van der Waals surface area (Å²) in [6.45, 7) is 7.95. The van der Waals surface area contributed by atoms with Gasteiger partial charge in [0.25, 0.3) is 0 Å². The number of hydrogen-bond donors (Lipinski definition) is 2. The van der Waals surface area contributed by atoms with E-state index >= 15 is 0 Å². The molecule has 0 aliphatic carbocycles. The number of nitrogens with two attached hydrogens (primary N) is 1. The molecule has 4 aromatic heterocycles. The van der Waals surface area contributed by atoms with E-state index in [1.165, 1.54) is 64.6 Å². The lowest BCUT2D eigenvalue weighted by molar-refractivity contribution is 0.0975. The maximum absolute atomic E-state index is 6.17. The van der Waals surface area contributed by atoms with Crippen LogP contribution in [0.5, 0.6) is 0 Å². The van der Waals surface area contributed by atoms with Gasteiger partial charge < -0.3 is 16.0 Å². The summed E-state index contributed by atoms with van der Waals surface area (Å²) in [6, 6.07) is 4.75. The molecule has 2 fully saturated rings. The van der Waals surface area contributed by atoms with E-state index in [0.29, 0.717) is 11.8 Å². The van der Waals surface area contributed by atoms with Crippen LogP contribution in [0.1, 0.15) is 43.4 Å². The third-order valence-corrected chi connectivity index (χ3v) is 8.59. The number of anilines is 3. The second kappa shape index (κ2) is 11.1. The molecule has 4 aromatic rings. The molecule has 0 bridgehead atoms. The van der Waals surface area contributed by atoms with Gasteiger partial charge in [0.05, 0.1) is 27.8 Å². The Hall–Kier alpha value is -3.41. The molecule has 0 radical (unpaired) electrons. The van der Waals surface area contributed by atoms with Crippen molar-refractivity contribution < 1.29 is 0 Å². The lowest BCUT2D eigenvalue weighted by atomic mass is 10.00. The van der Waals surface area contributed by atoms with Crippen LogP contribution in [0.3, 0.4) is 0 Å². The predicted molar refractivity (Wildman–Crippen MR) is 153 cm³/mol. The van der Waals surface area contributed by atoms with Gasteiger partial charge in [-0.3, -0.25) is 9.88 Å². The highest BCUT2D eigenvalue weighted by Crippen LogP contribution is 2.29. The molecule has 198 valence electrons. The first-order chi connectivity index (χ1) is 18.6. The number of rotatable bonds is 7. The van der Waals surface area contributed by atoms with Gasteiger partial charge in [-0.25, -0.2) is 9.97 Å². The highest BCUT2D eigenvalue weighted by Gasteiger charge is 2.25. The van der Waals surface area contributed by atoms with Gasteiger partial charge in [-0.1, -0.05) is 12.5 Å². The van der Waals surface area contributed by atoms with Crippen LogP contribution in [0, 0.1) is 6.92 Å². The zero-order chi connectivity index (χ0) is 25.9. The van der Waals surface area contributed by atoms with Crippen molar-refractivity contribution in [2.45, 2.75) is 45.1 Å². The molecule has 10 nitrogen and oxygen atoms in total. The smallest absolute Gasteiger partial charge is 0.248 e. The Kier molecular flexibility index (Phi) is 7.30. The number of aryl methyl sites for hydroxylation is 1. The van der Waals surface area contributed by atoms with Gasteiger partial charge in [-0.05, 0) is 87.9 Å². The minimum Gasteiger partial charge on any atom is -0.368 e. The molecule has 2 aliphatic heterocycles. The van der Waals surface area contributed by atoms with Crippen LogP contribution in [0.2, 0.25) is 0 Å². The Morgan fingerprint density at radius 3 is 2.71 bits per heavy atom. The third-order valence-electron chi connectivity index (χ3n) is 7.50. The molecular formula is C27H34N10S. The Labute approximate surface area is 226 Å².